The number of rotatable bonds is 3. The van der Waals surface area contributed by atoms with E-state index in [0.29, 0.717) is 22.6 Å². The van der Waals surface area contributed by atoms with Crippen molar-refractivity contribution in [2.24, 2.45) is 9.98 Å². The molecule has 9 heteroatoms. The van der Waals surface area contributed by atoms with E-state index in [9.17, 15) is 0 Å². The Bertz CT molecular complexity index is 348. The molecular weight excluding hydrogens is 378 g/mol. The second-order valence-corrected chi connectivity index (χ2v) is 8.09. The molecule has 1 aliphatic heterocycles. The number of hydrogen-bond acceptors (Lipinski definition) is 4. The summed E-state index contributed by atoms with van der Waals surface area (Å²) < 4.78 is 0.627. The summed E-state index contributed by atoms with van der Waals surface area (Å²) in [4.78, 5) is 7.70. The van der Waals surface area contributed by atoms with Crippen molar-refractivity contribution in [3.05, 3.63) is 11.6 Å². The van der Waals surface area contributed by atoms with Gasteiger partial charge >= 0.3 is 0 Å². The standard InChI is InChI=1S/C5H7Cl2NS.C4H4Cl3NS/c1-2-5(7)3-8-4(6)9-5;1-3(5)2-8-4(6)9-7/h2-3H2,1H3;1-2H2. The van der Waals surface area contributed by atoms with Gasteiger partial charge in [-0.05, 0) is 17.1 Å². The summed E-state index contributed by atoms with van der Waals surface area (Å²) in [7, 11) is 6.07. The lowest BCUT2D eigenvalue weighted by molar-refractivity contribution is 0.778. The van der Waals surface area contributed by atoms with E-state index in [1.807, 2.05) is 6.92 Å². The lowest BCUT2D eigenvalue weighted by atomic mass is 10.3. The van der Waals surface area contributed by atoms with Gasteiger partial charge in [0.05, 0.1) is 13.1 Å². The number of halogens is 5. The van der Waals surface area contributed by atoms with Crippen LogP contribution in [0.1, 0.15) is 13.3 Å². The van der Waals surface area contributed by atoms with Gasteiger partial charge in [-0.1, -0.05) is 60.1 Å². The zero-order valence-corrected chi connectivity index (χ0v) is 14.8. The van der Waals surface area contributed by atoms with Crippen LogP contribution in [0.4, 0.5) is 0 Å². The van der Waals surface area contributed by atoms with Crippen LogP contribution >= 0.6 is 79.8 Å². The number of hydrogen-bond donors (Lipinski definition) is 0. The summed E-state index contributed by atoms with van der Waals surface area (Å²) >= 11 is 23.8. The number of thioether (sulfide) groups is 1. The molecule has 0 fully saturated rings. The first-order valence-corrected chi connectivity index (χ1v) is 8.69. The summed E-state index contributed by atoms with van der Waals surface area (Å²) in [6, 6.07) is 0. The van der Waals surface area contributed by atoms with Gasteiger partial charge in [-0.25, -0.2) is 0 Å². The maximum atomic E-state index is 6.01. The average Bonchev–Trinajstić information content (AvgIpc) is 2.68. The minimum Gasteiger partial charge on any atom is -0.264 e. The van der Waals surface area contributed by atoms with Crippen LogP contribution in [-0.4, -0.2) is 26.3 Å². The van der Waals surface area contributed by atoms with Crippen LogP contribution in [0.15, 0.2) is 21.6 Å². The monoisotopic (exact) mass is 386 g/mol. The summed E-state index contributed by atoms with van der Waals surface area (Å²) in [5.41, 5.74) is 0. The minimum absolute atomic E-state index is 0.239. The van der Waals surface area contributed by atoms with Crippen LogP contribution in [0, 0.1) is 0 Å². The summed E-state index contributed by atoms with van der Waals surface area (Å²) in [6.45, 7) is 6.41. The number of alkyl halides is 1. The molecule has 1 unspecified atom stereocenters. The van der Waals surface area contributed by atoms with E-state index in [1.165, 1.54) is 11.8 Å². The molecule has 0 aromatic carbocycles. The minimum atomic E-state index is -0.239. The molecule has 1 atom stereocenters. The fourth-order valence-corrected chi connectivity index (χ4v) is 2.74. The highest BCUT2D eigenvalue weighted by Crippen LogP contribution is 2.40. The maximum absolute atomic E-state index is 6.01. The fraction of sp³-hybridized carbons (Fsp3) is 0.556. The molecule has 0 radical (unpaired) electrons. The van der Waals surface area contributed by atoms with E-state index < -0.39 is 0 Å². The maximum Gasteiger partial charge on any atom is 0.174 e. The molecule has 104 valence electrons. The van der Waals surface area contributed by atoms with Crippen molar-refractivity contribution in [3.63, 3.8) is 0 Å². The van der Waals surface area contributed by atoms with Gasteiger partial charge in [0.15, 0.2) is 9.01 Å². The van der Waals surface area contributed by atoms with Crippen LogP contribution in [0.5, 0.6) is 0 Å². The van der Waals surface area contributed by atoms with E-state index >= 15 is 0 Å². The lowest BCUT2D eigenvalue weighted by Crippen LogP contribution is -2.14. The van der Waals surface area contributed by atoms with Crippen molar-refractivity contribution in [3.8, 4) is 0 Å². The molecule has 18 heavy (non-hydrogen) atoms. The Morgan fingerprint density at radius 3 is 2.50 bits per heavy atom. The van der Waals surface area contributed by atoms with Crippen molar-refractivity contribution >= 4 is 88.8 Å². The molecule has 0 aliphatic carbocycles. The van der Waals surface area contributed by atoms with Gasteiger partial charge in [-0.3, -0.25) is 9.98 Å². The normalized spacial score (nSPS) is 23.2. The molecule has 1 rings (SSSR count). The van der Waals surface area contributed by atoms with Crippen LogP contribution in [0.2, 0.25) is 0 Å². The molecule has 0 spiro atoms. The van der Waals surface area contributed by atoms with Gasteiger partial charge in [0.2, 0.25) is 0 Å². The molecule has 0 saturated carbocycles. The summed E-state index contributed by atoms with van der Waals surface area (Å²) in [5, 5.41) is 0.443. The highest BCUT2D eigenvalue weighted by molar-refractivity contribution is 8.34. The predicted molar refractivity (Wildman–Crippen MR) is 91.2 cm³/mol. The fourth-order valence-electron chi connectivity index (χ4n) is 0.752. The van der Waals surface area contributed by atoms with Crippen LogP contribution in [-0.2, 0) is 0 Å². The van der Waals surface area contributed by atoms with Gasteiger partial charge in [0.25, 0.3) is 0 Å². The van der Waals surface area contributed by atoms with E-state index in [1.54, 1.807) is 0 Å². The van der Waals surface area contributed by atoms with Crippen molar-refractivity contribution in [1.82, 2.24) is 0 Å². The van der Waals surface area contributed by atoms with Gasteiger partial charge in [0, 0.05) is 16.0 Å². The third-order valence-electron chi connectivity index (χ3n) is 1.67. The molecule has 1 heterocycles. The summed E-state index contributed by atoms with van der Waals surface area (Å²) in [6.07, 6.45) is 0.902. The molecule has 0 saturated heterocycles. The van der Waals surface area contributed by atoms with Crippen molar-refractivity contribution in [2.75, 3.05) is 13.1 Å². The highest BCUT2D eigenvalue weighted by Gasteiger charge is 2.32. The molecule has 0 aromatic heterocycles. The second kappa shape index (κ2) is 10.0. The highest BCUT2D eigenvalue weighted by atomic mass is 35.7. The first-order valence-electron chi connectivity index (χ1n) is 4.72. The number of aliphatic imine (C=N–C) groups is 2. The largest absolute Gasteiger partial charge is 0.264 e. The van der Waals surface area contributed by atoms with Gasteiger partial charge in [-0.15, -0.1) is 11.6 Å². The first-order chi connectivity index (χ1) is 8.33. The lowest BCUT2D eigenvalue weighted by Gasteiger charge is -2.14. The third-order valence-corrected chi connectivity index (χ3v) is 5.13. The van der Waals surface area contributed by atoms with E-state index in [2.05, 4.69) is 16.6 Å². The van der Waals surface area contributed by atoms with Crippen molar-refractivity contribution in [2.45, 2.75) is 17.6 Å². The van der Waals surface area contributed by atoms with E-state index in [4.69, 9.17) is 57.1 Å². The predicted octanol–water partition coefficient (Wildman–Crippen LogP) is 5.89. The molecule has 1 aliphatic rings. The smallest absolute Gasteiger partial charge is 0.174 e. The average molecular weight is 389 g/mol. The molecular formula is C9H11Cl5N2S2. The zero-order chi connectivity index (χ0) is 14.2. The van der Waals surface area contributed by atoms with Gasteiger partial charge in [-0.2, -0.15) is 0 Å². The van der Waals surface area contributed by atoms with Gasteiger partial charge < -0.3 is 0 Å². The Morgan fingerprint density at radius 1 is 1.61 bits per heavy atom. The number of nitrogens with zero attached hydrogens (tertiary/aromatic N) is 2. The van der Waals surface area contributed by atoms with E-state index in [0.717, 1.165) is 17.4 Å². The Labute approximate surface area is 140 Å². The molecule has 0 N–H and O–H groups in total. The van der Waals surface area contributed by atoms with Crippen LogP contribution in [0.25, 0.3) is 0 Å². The second-order valence-electron chi connectivity index (χ2n) is 3.07. The molecule has 2 nitrogen and oxygen atoms in total. The van der Waals surface area contributed by atoms with Crippen LogP contribution in [0.3, 0.4) is 0 Å². The summed E-state index contributed by atoms with van der Waals surface area (Å²) in [5.74, 6) is 0. The SMILES string of the molecule is C=C(Cl)CN=C(Cl)SCl.CCC1(Cl)CN=C(Cl)S1. The zero-order valence-electron chi connectivity index (χ0n) is 9.43. The molecule has 0 amide bonds. The third kappa shape index (κ3) is 9.18. The van der Waals surface area contributed by atoms with E-state index in [-0.39, 0.29) is 8.71 Å². The Morgan fingerprint density at radius 2 is 2.22 bits per heavy atom. The quantitative estimate of drug-likeness (QED) is 0.342. The Balaban J connectivity index is 0.000000321. The van der Waals surface area contributed by atoms with Gasteiger partial charge in [0.1, 0.15) is 4.21 Å². The Kier molecular flexibility index (Phi) is 10.7. The first kappa shape index (κ1) is 19.2. The molecule has 0 aromatic rings. The van der Waals surface area contributed by atoms with Crippen LogP contribution < -0.4 is 0 Å². The molecule has 0 bridgehead atoms. The topological polar surface area (TPSA) is 24.7 Å². The van der Waals surface area contributed by atoms with Crippen molar-refractivity contribution < 1.29 is 0 Å². The van der Waals surface area contributed by atoms with Crippen molar-refractivity contribution in [1.29, 1.82) is 0 Å². The Hall–Kier alpha value is 1.23.